The second-order valence-corrected chi connectivity index (χ2v) is 6.18. The summed E-state index contributed by atoms with van der Waals surface area (Å²) in [5.74, 6) is 0.0284. The Bertz CT molecular complexity index is 1000. The van der Waals surface area contributed by atoms with E-state index in [1.807, 2.05) is 0 Å². The number of rotatable bonds is 6. The molecular weight excluding hydrogens is 395 g/mol. The second kappa shape index (κ2) is 8.11. The Labute approximate surface area is 163 Å². The van der Waals surface area contributed by atoms with Crippen molar-refractivity contribution in [1.29, 1.82) is 0 Å². The van der Waals surface area contributed by atoms with Gasteiger partial charge in [-0.3, -0.25) is 14.9 Å². The highest BCUT2D eigenvalue weighted by Gasteiger charge is 2.16. The molecular formula is C18H12Cl2N2O5. The van der Waals surface area contributed by atoms with Crippen LogP contribution < -0.4 is 10.1 Å². The van der Waals surface area contributed by atoms with Crippen LogP contribution in [0.25, 0.3) is 0 Å². The van der Waals surface area contributed by atoms with E-state index in [4.69, 9.17) is 32.4 Å². The number of carbonyl (C=O) groups is 1. The van der Waals surface area contributed by atoms with Crippen molar-refractivity contribution in [3.8, 4) is 5.75 Å². The molecule has 1 N–H and O–H groups in total. The predicted octanol–water partition coefficient (Wildman–Crippen LogP) is 5.33. The van der Waals surface area contributed by atoms with E-state index >= 15 is 0 Å². The number of anilines is 1. The number of para-hydroxylation sites is 2. The van der Waals surface area contributed by atoms with Gasteiger partial charge in [0.05, 0.1) is 15.0 Å². The number of carbonyl (C=O) groups excluding carboxylic acids is 1. The van der Waals surface area contributed by atoms with E-state index < -0.39 is 10.8 Å². The van der Waals surface area contributed by atoms with E-state index in [2.05, 4.69) is 5.32 Å². The Morgan fingerprint density at radius 2 is 1.89 bits per heavy atom. The highest BCUT2D eigenvalue weighted by molar-refractivity contribution is 6.42. The number of nitro benzene ring substituents is 1. The summed E-state index contributed by atoms with van der Waals surface area (Å²) in [7, 11) is 0. The van der Waals surface area contributed by atoms with Crippen LogP contribution in [0.2, 0.25) is 10.0 Å². The first-order chi connectivity index (χ1) is 12.9. The minimum absolute atomic E-state index is 0.0576. The van der Waals surface area contributed by atoms with Crippen molar-refractivity contribution in [2.45, 2.75) is 6.61 Å². The smallest absolute Gasteiger partial charge is 0.310 e. The molecule has 0 fully saturated rings. The standard InChI is InChI=1S/C18H12Cl2N2O5/c19-13-7-5-11(9-14(13)20)21-18(23)17-8-6-12(27-17)10-26-16-4-2-1-3-15(16)22(24)25/h1-9H,10H2,(H,21,23). The van der Waals surface area contributed by atoms with Gasteiger partial charge in [-0.15, -0.1) is 0 Å². The molecule has 27 heavy (non-hydrogen) atoms. The minimum atomic E-state index is -0.534. The maximum absolute atomic E-state index is 12.2. The fraction of sp³-hybridized carbons (Fsp3) is 0.0556. The Morgan fingerprint density at radius 3 is 2.63 bits per heavy atom. The number of amides is 1. The van der Waals surface area contributed by atoms with E-state index in [9.17, 15) is 14.9 Å². The summed E-state index contributed by atoms with van der Waals surface area (Å²) >= 11 is 11.7. The van der Waals surface area contributed by atoms with Gasteiger partial charge in [0, 0.05) is 11.8 Å². The monoisotopic (exact) mass is 406 g/mol. The minimum Gasteiger partial charge on any atom is -0.479 e. The number of hydrogen-bond donors (Lipinski definition) is 1. The van der Waals surface area contributed by atoms with E-state index in [1.54, 1.807) is 30.3 Å². The molecule has 3 rings (SSSR count). The molecule has 0 atom stereocenters. The fourth-order valence-electron chi connectivity index (χ4n) is 2.22. The molecule has 0 aliphatic carbocycles. The molecule has 7 nitrogen and oxygen atoms in total. The normalized spacial score (nSPS) is 10.4. The third kappa shape index (κ3) is 4.58. The lowest BCUT2D eigenvalue weighted by Gasteiger charge is -2.05. The lowest BCUT2D eigenvalue weighted by atomic mass is 10.3. The topological polar surface area (TPSA) is 94.6 Å². The average Bonchev–Trinajstić information content (AvgIpc) is 3.12. The zero-order valence-corrected chi connectivity index (χ0v) is 15.2. The number of nitrogens with zero attached hydrogens (tertiary/aromatic N) is 1. The van der Waals surface area contributed by atoms with Gasteiger partial charge in [-0.25, -0.2) is 0 Å². The Morgan fingerprint density at radius 1 is 1.11 bits per heavy atom. The molecule has 138 valence electrons. The molecule has 0 saturated heterocycles. The average molecular weight is 407 g/mol. The zero-order chi connectivity index (χ0) is 19.4. The summed E-state index contributed by atoms with van der Waals surface area (Å²) < 4.78 is 10.9. The fourth-order valence-corrected chi connectivity index (χ4v) is 2.52. The third-order valence-electron chi connectivity index (χ3n) is 3.49. The molecule has 1 amide bonds. The van der Waals surface area contributed by atoms with Crippen LogP contribution in [0.3, 0.4) is 0 Å². The lowest BCUT2D eigenvalue weighted by Crippen LogP contribution is -2.10. The summed E-state index contributed by atoms with van der Waals surface area (Å²) in [5.41, 5.74) is 0.310. The summed E-state index contributed by atoms with van der Waals surface area (Å²) in [6.45, 7) is -0.0646. The summed E-state index contributed by atoms with van der Waals surface area (Å²) in [5, 5.41) is 14.3. The first-order valence-electron chi connectivity index (χ1n) is 7.65. The van der Waals surface area contributed by atoms with Gasteiger partial charge in [0.15, 0.2) is 11.5 Å². The van der Waals surface area contributed by atoms with Crippen LogP contribution in [-0.2, 0) is 6.61 Å². The molecule has 0 radical (unpaired) electrons. The van der Waals surface area contributed by atoms with Gasteiger partial charge < -0.3 is 14.5 Å². The van der Waals surface area contributed by atoms with Crippen LogP contribution in [0.15, 0.2) is 59.0 Å². The van der Waals surface area contributed by atoms with Gasteiger partial charge in [-0.05, 0) is 36.4 Å². The molecule has 3 aromatic rings. The molecule has 0 bridgehead atoms. The summed E-state index contributed by atoms with van der Waals surface area (Å²) in [6, 6.07) is 13.7. The number of furan rings is 1. The molecule has 9 heteroatoms. The van der Waals surface area contributed by atoms with Crippen LogP contribution in [0.5, 0.6) is 5.75 Å². The number of nitro groups is 1. The highest BCUT2D eigenvalue weighted by atomic mass is 35.5. The molecule has 0 unspecified atom stereocenters. The van der Waals surface area contributed by atoms with Crippen molar-refractivity contribution in [2.24, 2.45) is 0 Å². The van der Waals surface area contributed by atoms with E-state index in [0.29, 0.717) is 21.5 Å². The van der Waals surface area contributed by atoms with Gasteiger partial charge >= 0.3 is 5.69 Å². The van der Waals surface area contributed by atoms with Gasteiger partial charge in [0.1, 0.15) is 12.4 Å². The zero-order valence-electron chi connectivity index (χ0n) is 13.6. The molecule has 1 aromatic heterocycles. The maximum Gasteiger partial charge on any atom is 0.310 e. The first-order valence-corrected chi connectivity index (χ1v) is 8.41. The SMILES string of the molecule is O=C(Nc1ccc(Cl)c(Cl)c1)c1ccc(COc2ccccc2[N+](=O)[O-])o1. The summed E-state index contributed by atoms with van der Waals surface area (Å²) in [4.78, 5) is 22.7. The predicted molar refractivity (Wildman–Crippen MR) is 101 cm³/mol. The maximum atomic E-state index is 12.2. The van der Waals surface area contributed by atoms with Crippen LogP contribution in [-0.4, -0.2) is 10.8 Å². The molecule has 1 heterocycles. The van der Waals surface area contributed by atoms with Crippen molar-refractivity contribution < 1.29 is 18.9 Å². The van der Waals surface area contributed by atoms with Gasteiger partial charge in [0.25, 0.3) is 5.91 Å². The number of ether oxygens (including phenoxy) is 1. The lowest BCUT2D eigenvalue weighted by molar-refractivity contribution is -0.386. The van der Waals surface area contributed by atoms with Crippen LogP contribution >= 0.6 is 23.2 Å². The Balaban J connectivity index is 1.65. The number of benzene rings is 2. The molecule has 0 aliphatic heterocycles. The highest BCUT2D eigenvalue weighted by Crippen LogP contribution is 2.27. The molecule has 0 spiro atoms. The van der Waals surface area contributed by atoms with Crippen LogP contribution in [0.1, 0.15) is 16.3 Å². The van der Waals surface area contributed by atoms with Gasteiger partial charge in [-0.2, -0.15) is 0 Å². The van der Waals surface area contributed by atoms with Crippen molar-refractivity contribution in [1.82, 2.24) is 0 Å². The van der Waals surface area contributed by atoms with E-state index in [0.717, 1.165) is 0 Å². The van der Waals surface area contributed by atoms with E-state index in [1.165, 1.54) is 24.3 Å². The Kier molecular flexibility index (Phi) is 5.63. The van der Waals surface area contributed by atoms with Crippen molar-refractivity contribution in [3.63, 3.8) is 0 Å². The van der Waals surface area contributed by atoms with Crippen molar-refractivity contribution in [3.05, 3.63) is 86.3 Å². The first kappa shape index (κ1) is 18.8. The molecule has 2 aromatic carbocycles. The number of hydrogen-bond acceptors (Lipinski definition) is 5. The number of halogens is 2. The van der Waals surface area contributed by atoms with Crippen molar-refractivity contribution >= 4 is 40.5 Å². The summed E-state index contributed by atoms with van der Waals surface area (Å²) in [6.07, 6.45) is 0. The second-order valence-electron chi connectivity index (χ2n) is 5.36. The van der Waals surface area contributed by atoms with Crippen molar-refractivity contribution in [2.75, 3.05) is 5.32 Å². The van der Waals surface area contributed by atoms with Crippen LogP contribution in [0.4, 0.5) is 11.4 Å². The quantitative estimate of drug-likeness (QED) is 0.441. The number of nitrogens with one attached hydrogen (secondary N) is 1. The van der Waals surface area contributed by atoms with E-state index in [-0.39, 0.29) is 23.8 Å². The Hall–Kier alpha value is -3.03. The van der Waals surface area contributed by atoms with Gasteiger partial charge in [-0.1, -0.05) is 35.3 Å². The molecule has 0 saturated carbocycles. The largest absolute Gasteiger partial charge is 0.479 e. The van der Waals surface area contributed by atoms with Gasteiger partial charge in [0.2, 0.25) is 0 Å². The van der Waals surface area contributed by atoms with Crippen LogP contribution in [0, 0.1) is 10.1 Å². The molecule has 0 aliphatic rings. The third-order valence-corrected chi connectivity index (χ3v) is 4.23.